The van der Waals surface area contributed by atoms with Gasteiger partial charge in [-0.1, -0.05) is 13.8 Å². The Hall–Kier alpha value is -0.330. The van der Waals surface area contributed by atoms with Gasteiger partial charge in [0.1, 0.15) is 0 Å². The third kappa shape index (κ3) is 6.41. The molecule has 6 heteroatoms. The van der Waals surface area contributed by atoms with Crippen molar-refractivity contribution in [3.05, 3.63) is 0 Å². The third-order valence-electron chi connectivity index (χ3n) is 4.05. The van der Waals surface area contributed by atoms with Crippen molar-refractivity contribution in [3.63, 3.8) is 0 Å². The first-order valence-corrected chi connectivity index (χ1v) is 7.52. The maximum absolute atomic E-state index is 12.4. The summed E-state index contributed by atoms with van der Waals surface area (Å²) in [5, 5.41) is 13.1. The summed E-state index contributed by atoms with van der Waals surface area (Å²) in [6, 6.07) is 0.486. The largest absolute Gasteiger partial charge is 0.401 e. The van der Waals surface area contributed by atoms with Crippen molar-refractivity contribution in [1.29, 1.82) is 0 Å². The summed E-state index contributed by atoms with van der Waals surface area (Å²) in [5.41, 5.74) is -0.321. The van der Waals surface area contributed by atoms with Crippen molar-refractivity contribution in [2.24, 2.45) is 0 Å². The van der Waals surface area contributed by atoms with Crippen LogP contribution in [-0.4, -0.2) is 54.0 Å². The Kier molecular flexibility index (Phi) is 6.75. The molecule has 1 fully saturated rings. The van der Waals surface area contributed by atoms with Crippen LogP contribution >= 0.6 is 0 Å². The molecule has 3 nitrogen and oxygen atoms in total. The molecule has 1 aliphatic carbocycles. The number of nitrogens with zero attached hydrogens (tertiary/aromatic N) is 1. The lowest BCUT2D eigenvalue weighted by molar-refractivity contribution is -0.145. The number of rotatable bonds is 10. The molecule has 1 atom stereocenters. The normalized spacial score (nSPS) is 19.4. The molecule has 0 radical (unpaired) electrons. The average Bonchev–Trinajstić information content (AvgIpc) is 3.18. The van der Waals surface area contributed by atoms with Gasteiger partial charge in [0.2, 0.25) is 0 Å². The molecule has 1 saturated carbocycles. The summed E-state index contributed by atoms with van der Waals surface area (Å²) in [6.45, 7) is 3.77. The molecule has 0 bridgehead atoms. The average molecular weight is 296 g/mol. The van der Waals surface area contributed by atoms with Crippen LogP contribution in [0.5, 0.6) is 0 Å². The summed E-state index contributed by atoms with van der Waals surface area (Å²) in [7, 11) is 0. The van der Waals surface area contributed by atoms with Gasteiger partial charge in [0.05, 0.1) is 13.2 Å². The minimum atomic E-state index is -4.14. The highest BCUT2D eigenvalue weighted by Crippen LogP contribution is 2.27. The molecule has 1 aliphatic rings. The van der Waals surface area contributed by atoms with E-state index in [0.29, 0.717) is 32.0 Å². The van der Waals surface area contributed by atoms with Crippen molar-refractivity contribution in [2.45, 2.75) is 63.7 Å². The summed E-state index contributed by atoms with van der Waals surface area (Å²) < 4.78 is 37.1. The van der Waals surface area contributed by atoms with E-state index >= 15 is 0 Å². The van der Waals surface area contributed by atoms with Gasteiger partial charge in [-0.15, -0.1) is 0 Å². The monoisotopic (exact) mass is 296 g/mol. The van der Waals surface area contributed by atoms with E-state index in [1.165, 1.54) is 4.90 Å². The van der Waals surface area contributed by atoms with Crippen LogP contribution in [0.25, 0.3) is 0 Å². The third-order valence-corrected chi connectivity index (χ3v) is 4.05. The molecular weight excluding hydrogens is 269 g/mol. The fourth-order valence-corrected chi connectivity index (χ4v) is 2.49. The molecule has 0 aliphatic heterocycles. The van der Waals surface area contributed by atoms with E-state index in [1.54, 1.807) is 6.92 Å². The standard InChI is InChI=1S/C14H27F3N2O/c1-3-13(11-20,18-12-6-7-12)8-5-9-19(4-2)10-14(15,16)17/h12,18,20H,3-11H2,1-2H3. The lowest BCUT2D eigenvalue weighted by atomic mass is 9.91. The van der Waals surface area contributed by atoms with E-state index in [0.717, 1.165) is 19.3 Å². The Labute approximate surface area is 119 Å². The molecule has 2 N–H and O–H groups in total. The molecule has 120 valence electrons. The SMILES string of the molecule is CCN(CCCC(CC)(CO)NC1CC1)CC(F)(F)F. The van der Waals surface area contributed by atoms with Crippen molar-refractivity contribution < 1.29 is 18.3 Å². The first kappa shape index (κ1) is 17.7. The Bertz CT molecular complexity index is 276. The number of hydrogen-bond acceptors (Lipinski definition) is 3. The quantitative estimate of drug-likeness (QED) is 0.650. The highest BCUT2D eigenvalue weighted by molar-refractivity contribution is 4.94. The minimum absolute atomic E-state index is 0.0470. The minimum Gasteiger partial charge on any atom is -0.394 e. The molecule has 0 heterocycles. The zero-order valence-electron chi connectivity index (χ0n) is 12.5. The zero-order chi connectivity index (χ0) is 15.2. The van der Waals surface area contributed by atoms with Crippen molar-refractivity contribution in [3.8, 4) is 0 Å². The van der Waals surface area contributed by atoms with E-state index in [-0.39, 0.29) is 12.1 Å². The molecule has 20 heavy (non-hydrogen) atoms. The first-order valence-electron chi connectivity index (χ1n) is 7.52. The highest BCUT2D eigenvalue weighted by Gasteiger charge is 2.34. The Morgan fingerprint density at radius 1 is 1.25 bits per heavy atom. The predicted octanol–water partition coefficient (Wildman–Crippen LogP) is 2.54. The molecule has 0 spiro atoms. The second-order valence-electron chi connectivity index (χ2n) is 5.80. The molecular formula is C14H27F3N2O. The summed E-state index contributed by atoms with van der Waals surface area (Å²) in [6.07, 6.45) is 0.309. The molecule has 1 rings (SSSR count). The van der Waals surface area contributed by atoms with Crippen LogP contribution in [0.1, 0.15) is 46.0 Å². The van der Waals surface area contributed by atoms with E-state index in [4.69, 9.17) is 0 Å². The predicted molar refractivity (Wildman–Crippen MR) is 73.7 cm³/mol. The maximum Gasteiger partial charge on any atom is 0.401 e. The summed E-state index contributed by atoms with van der Waals surface area (Å²) in [4.78, 5) is 1.41. The molecule has 0 aromatic carbocycles. The molecule has 1 unspecified atom stereocenters. The van der Waals surface area contributed by atoms with Gasteiger partial charge >= 0.3 is 6.18 Å². The van der Waals surface area contributed by atoms with Crippen LogP contribution < -0.4 is 5.32 Å². The topological polar surface area (TPSA) is 35.5 Å². The van der Waals surface area contributed by atoms with Gasteiger partial charge in [0, 0.05) is 11.6 Å². The number of aliphatic hydroxyl groups excluding tert-OH is 1. The van der Waals surface area contributed by atoms with E-state index in [2.05, 4.69) is 5.32 Å². The van der Waals surface area contributed by atoms with Gasteiger partial charge in [0.15, 0.2) is 0 Å². The van der Waals surface area contributed by atoms with Gasteiger partial charge in [-0.25, -0.2) is 0 Å². The first-order chi connectivity index (χ1) is 9.34. The smallest absolute Gasteiger partial charge is 0.394 e. The fraction of sp³-hybridized carbons (Fsp3) is 1.00. The highest BCUT2D eigenvalue weighted by atomic mass is 19.4. The van der Waals surface area contributed by atoms with E-state index < -0.39 is 12.7 Å². The van der Waals surface area contributed by atoms with Crippen LogP contribution in [-0.2, 0) is 0 Å². The molecule has 0 amide bonds. The molecule has 0 aromatic rings. The number of nitrogens with one attached hydrogen (secondary N) is 1. The lowest BCUT2D eigenvalue weighted by Crippen LogP contribution is -2.49. The number of hydrogen-bond donors (Lipinski definition) is 2. The number of halogens is 3. The van der Waals surface area contributed by atoms with Gasteiger partial charge < -0.3 is 10.4 Å². The van der Waals surface area contributed by atoms with Crippen LogP contribution in [0.4, 0.5) is 13.2 Å². The summed E-state index contributed by atoms with van der Waals surface area (Å²) >= 11 is 0. The Morgan fingerprint density at radius 2 is 1.90 bits per heavy atom. The Morgan fingerprint density at radius 3 is 2.30 bits per heavy atom. The van der Waals surface area contributed by atoms with Crippen molar-refractivity contribution >= 4 is 0 Å². The van der Waals surface area contributed by atoms with Gasteiger partial charge in [-0.05, 0) is 45.2 Å². The van der Waals surface area contributed by atoms with E-state index in [1.807, 2.05) is 6.92 Å². The van der Waals surface area contributed by atoms with Gasteiger partial charge in [-0.2, -0.15) is 13.2 Å². The second kappa shape index (κ2) is 7.61. The Balaban J connectivity index is 2.38. The second-order valence-corrected chi connectivity index (χ2v) is 5.80. The zero-order valence-corrected chi connectivity index (χ0v) is 12.5. The van der Waals surface area contributed by atoms with Gasteiger partial charge in [0.25, 0.3) is 0 Å². The maximum atomic E-state index is 12.4. The fourth-order valence-electron chi connectivity index (χ4n) is 2.49. The van der Waals surface area contributed by atoms with Crippen LogP contribution in [0, 0.1) is 0 Å². The number of alkyl halides is 3. The number of aliphatic hydroxyl groups is 1. The van der Waals surface area contributed by atoms with Crippen molar-refractivity contribution in [1.82, 2.24) is 10.2 Å². The summed E-state index contributed by atoms with van der Waals surface area (Å²) in [5.74, 6) is 0. The van der Waals surface area contributed by atoms with E-state index in [9.17, 15) is 18.3 Å². The molecule has 0 aromatic heterocycles. The van der Waals surface area contributed by atoms with Crippen LogP contribution in [0.3, 0.4) is 0 Å². The van der Waals surface area contributed by atoms with Crippen LogP contribution in [0.15, 0.2) is 0 Å². The van der Waals surface area contributed by atoms with Crippen molar-refractivity contribution in [2.75, 3.05) is 26.2 Å². The van der Waals surface area contributed by atoms with Crippen LogP contribution in [0.2, 0.25) is 0 Å². The van der Waals surface area contributed by atoms with Gasteiger partial charge in [-0.3, -0.25) is 4.90 Å². The lowest BCUT2D eigenvalue weighted by Gasteiger charge is -2.33. The molecule has 0 saturated heterocycles.